The van der Waals surface area contributed by atoms with Crippen LogP contribution in [0.3, 0.4) is 0 Å². The van der Waals surface area contributed by atoms with Crippen molar-refractivity contribution in [3.05, 3.63) is 53.6 Å². The van der Waals surface area contributed by atoms with Gasteiger partial charge in [0.05, 0.1) is 6.61 Å². The molecule has 1 N–H and O–H groups in total. The van der Waals surface area contributed by atoms with Gasteiger partial charge in [-0.15, -0.1) is 0 Å². The van der Waals surface area contributed by atoms with E-state index in [0.717, 1.165) is 22.4 Å². The number of aryl methyl sites for hydroxylation is 2. The molecule has 0 spiro atoms. The molecule has 146 valence electrons. The number of amides is 1. The molecule has 1 amide bonds. The number of hydrogen-bond acceptors (Lipinski definition) is 6. The first kappa shape index (κ1) is 19.4. The first-order valence-corrected chi connectivity index (χ1v) is 9.08. The zero-order valence-electron chi connectivity index (χ0n) is 16.4. The van der Waals surface area contributed by atoms with E-state index in [-0.39, 0.29) is 11.7 Å². The number of carbonyl (C=O) groups excluding carboxylic acids is 1. The van der Waals surface area contributed by atoms with E-state index in [1.165, 1.54) is 0 Å². The van der Waals surface area contributed by atoms with Crippen LogP contribution in [0.1, 0.15) is 25.0 Å². The fraction of sp³-hybridized carbons (Fsp3) is 0.286. The Balaban J connectivity index is 1.69. The zero-order valence-corrected chi connectivity index (χ0v) is 16.4. The first-order valence-electron chi connectivity index (χ1n) is 9.08. The monoisotopic (exact) mass is 381 g/mol. The van der Waals surface area contributed by atoms with E-state index in [0.29, 0.717) is 18.1 Å². The number of anilines is 1. The molecule has 0 aliphatic rings. The largest absolute Gasteiger partial charge is 0.494 e. The molecule has 0 aliphatic heterocycles. The van der Waals surface area contributed by atoms with Crippen molar-refractivity contribution in [2.45, 2.75) is 33.8 Å². The lowest BCUT2D eigenvalue weighted by Gasteiger charge is -2.15. The number of benzene rings is 2. The maximum Gasteiger partial charge on any atom is 0.266 e. The Morgan fingerprint density at radius 2 is 1.79 bits per heavy atom. The lowest BCUT2D eigenvalue weighted by Crippen LogP contribution is -2.30. The fourth-order valence-electron chi connectivity index (χ4n) is 2.60. The van der Waals surface area contributed by atoms with Crippen molar-refractivity contribution < 1.29 is 18.9 Å². The van der Waals surface area contributed by atoms with Crippen LogP contribution in [-0.4, -0.2) is 28.9 Å². The van der Waals surface area contributed by atoms with Crippen LogP contribution in [0.15, 0.2) is 47.1 Å². The highest BCUT2D eigenvalue weighted by atomic mass is 16.6. The topological polar surface area (TPSA) is 86.5 Å². The first-order chi connectivity index (χ1) is 13.5. The second kappa shape index (κ2) is 8.56. The highest BCUT2D eigenvalue weighted by Gasteiger charge is 2.20. The van der Waals surface area contributed by atoms with Crippen LogP contribution >= 0.6 is 0 Å². The molecule has 1 aromatic heterocycles. The Morgan fingerprint density at radius 1 is 1.07 bits per heavy atom. The van der Waals surface area contributed by atoms with Crippen molar-refractivity contribution in [1.82, 2.24) is 10.3 Å². The summed E-state index contributed by atoms with van der Waals surface area (Å²) < 4.78 is 16.0. The number of ether oxygens (including phenoxy) is 2. The summed E-state index contributed by atoms with van der Waals surface area (Å²) in [7, 11) is 0. The van der Waals surface area contributed by atoms with Gasteiger partial charge in [-0.25, -0.2) is 4.63 Å². The van der Waals surface area contributed by atoms with Crippen LogP contribution in [0.2, 0.25) is 0 Å². The standard InChI is InChI=1S/C21H23N3O4/c1-5-26-17-10-7-16(8-11-17)19-20(24-28-23-19)22-21(25)15(4)27-18-9-6-13(2)14(3)12-18/h6-12,15H,5H2,1-4H3,(H,22,24,25)/t15-/m0/s1. The molecule has 0 saturated carbocycles. The van der Waals surface area contributed by atoms with Gasteiger partial charge in [0.25, 0.3) is 5.91 Å². The molecule has 1 atom stereocenters. The van der Waals surface area contributed by atoms with Crippen LogP contribution in [0.5, 0.6) is 11.5 Å². The van der Waals surface area contributed by atoms with E-state index >= 15 is 0 Å². The van der Waals surface area contributed by atoms with E-state index < -0.39 is 6.10 Å². The minimum Gasteiger partial charge on any atom is -0.494 e. The van der Waals surface area contributed by atoms with Gasteiger partial charge in [0.2, 0.25) is 5.82 Å². The molecular weight excluding hydrogens is 358 g/mol. The second-order valence-corrected chi connectivity index (χ2v) is 6.41. The highest BCUT2D eigenvalue weighted by molar-refractivity contribution is 5.96. The van der Waals surface area contributed by atoms with Crippen molar-refractivity contribution in [3.8, 4) is 22.8 Å². The van der Waals surface area contributed by atoms with Gasteiger partial charge in [-0.2, -0.15) is 0 Å². The van der Waals surface area contributed by atoms with E-state index in [1.54, 1.807) is 6.92 Å². The van der Waals surface area contributed by atoms with Gasteiger partial charge in [0, 0.05) is 5.56 Å². The summed E-state index contributed by atoms with van der Waals surface area (Å²) in [5.41, 5.74) is 3.46. The Hall–Kier alpha value is -3.35. The van der Waals surface area contributed by atoms with Gasteiger partial charge in [0.1, 0.15) is 11.5 Å². The van der Waals surface area contributed by atoms with Gasteiger partial charge in [-0.1, -0.05) is 6.07 Å². The number of nitrogens with zero attached hydrogens (tertiary/aromatic N) is 2. The third kappa shape index (κ3) is 4.49. The third-order valence-corrected chi connectivity index (χ3v) is 4.33. The molecule has 0 saturated heterocycles. The molecule has 7 heteroatoms. The van der Waals surface area contributed by atoms with E-state index in [2.05, 4.69) is 15.6 Å². The summed E-state index contributed by atoms with van der Waals surface area (Å²) in [5, 5.41) is 10.4. The summed E-state index contributed by atoms with van der Waals surface area (Å²) in [6.45, 7) is 8.20. The van der Waals surface area contributed by atoms with Crippen molar-refractivity contribution in [2.75, 3.05) is 11.9 Å². The number of aromatic nitrogens is 2. The van der Waals surface area contributed by atoms with Crippen LogP contribution in [0, 0.1) is 13.8 Å². The molecule has 0 unspecified atom stereocenters. The van der Waals surface area contributed by atoms with Crippen LogP contribution in [-0.2, 0) is 4.79 Å². The molecule has 0 bridgehead atoms. The van der Waals surface area contributed by atoms with Crippen LogP contribution in [0.25, 0.3) is 11.3 Å². The summed E-state index contributed by atoms with van der Waals surface area (Å²) in [6, 6.07) is 13.0. The zero-order chi connectivity index (χ0) is 20.1. The van der Waals surface area contributed by atoms with Gasteiger partial charge in [0.15, 0.2) is 11.8 Å². The Kier molecular flexibility index (Phi) is 5.93. The average molecular weight is 381 g/mol. The summed E-state index contributed by atoms with van der Waals surface area (Å²) in [6.07, 6.45) is -0.716. The minimum atomic E-state index is -0.716. The van der Waals surface area contributed by atoms with E-state index in [9.17, 15) is 4.79 Å². The van der Waals surface area contributed by atoms with Crippen molar-refractivity contribution >= 4 is 11.7 Å². The van der Waals surface area contributed by atoms with Gasteiger partial charge < -0.3 is 14.8 Å². The van der Waals surface area contributed by atoms with Crippen LogP contribution < -0.4 is 14.8 Å². The number of carbonyl (C=O) groups is 1. The molecule has 0 radical (unpaired) electrons. The summed E-state index contributed by atoms with van der Waals surface area (Å²) in [4.78, 5) is 12.5. The molecule has 2 aromatic carbocycles. The number of hydrogen-bond donors (Lipinski definition) is 1. The average Bonchev–Trinajstić information content (AvgIpc) is 3.13. The lowest BCUT2D eigenvalue weighted by atomic mass is 10.1. The lowest BCUT2D eigenvalue weighted by molar-refractivity contribution is -0.122. The molecule has 0 aliphatic carbocycles. The van der Waals surface area contributed by atoms with E-state index in [1.807, 2.05) is 63.2 Å². The summed E-state index contributed by atoms with van der Waals surface area (Å²) in [5.74, 6) is 1.28. The summed E-state index contributed by atoms with van der Waals surface area (Å²) >= 11 is 0. The highest BCUT2D eigenvalue weighted by Crippen LogP contribution is 2.26. The van der Waals surface area contributed by atoms with Gasteiger partial charge in [-0.3, -0.25) is 4.79 Å². The minimum absolute atomic E-state index is 0.240. The molecule has 1 heterocycles. The van der Waals surface area contributed by atoms with Crippen LogP contribution in [0.4, 0.5) is 5.82 Å². The van der Waals surface area contributed by atoms with E-state index in [4.69, 9.17) is 14.1 Å². The maximum absolute atomic E-state index is 12.5. The Morgan fingerprint density at radius 3 is 2.46 bits per heavy atom. The van der Waals surface area contributed by atoms with Crippen molar-refractivity contribution in [1.29, 1.82) is 0 Å². The molecule has 7 nitrogen and oxygen atoms in total. The molecule has 3 aromatic rings. The van der Waals surface area contributed by atoms with Crippen molar-refractivity contribution in [3.63, 3.8) is 0 Å². The van der Waals surface area contributed by atoms with Gasteiger partial charge >= 0.3 is 0 Å². The predicted molar refractivity (Wildman–Crippen MR) is 106 cm³/mol. The second-order valence-electron chi connectivity index (χ2n) is 6.41. The number of nitrogens with one attached hydrogen (secondary N) is 1. The predicted octanol–water partition coefficient (Wildman–Crippen LogP) is 4.16. The third-order valence-electron chi connectivity index (χ3n) is 4.33. The Labute approximate surface area is 163 Å². The quantitative estimate of drug-likeness (QED) is 0.661. The molecule has 0 fully saturated rings. The number of rotatable bonds is 7. The fourth-order valence-corrected chi connectivity index (χ4v) is 2.60. The molecular formula is C21H23N3O4. The SMILES string of the molecule is CCOc1ccc(-c2nonc2NC(=O)[C@H](C)Oc2ccc(C)c(C)c2)cc1. The normalized spacial score (nSPS) is 11.7. The molecule has 28 heavy (non-hydrogen) atoms. The van der Waals surface area contributed by atoms with Gasteiger partial charge in [-0.05, 0) is 85.5 Å². The molecule has 3 rings (SSSR count). The van der Waals surface area contributed by atoms with Crippen molar-refractivity contribution in [2.24, 2.45) is 0 Å². The Bertz CT molecular complexity index is 951. The maximum atomic E-state index is 12.5. The smallest absolute Gasteiger partial charge is 0.266 e.